The average molecular weight is 466 g/mol. The van der Waals surface area contributed by atoms with Crippen molar-refractivity contribution in [2.75, 3.05) is 13.2 Å². The number of carbonyl (C=O) groups is 3. The van der Waals surface area contributed by atoms with Crippen molar-refractivity contribution in [3.63, 3.8) is 0 Å². The molecule has 1 N–H and O–H groups in total. The Morgan fingerprint density at radius 1 is 0.897 bits per heavy atom. The third-order valence-corrected chi connectivity index (χ3v) is 4.81. The molecule has 0 atom stereocenters. The largest absolute Gasteiger partial charge is 0.463 e. The molecule has 0 bridgehead atoms. The van der Waals surface area contributed by atoms with Gasteiger partial charge in [-0.25, -0.2) is 9.59 Å². The zero-order valence-corrected chi connectivity index (χ0v) is 18.4. The van der Waals surface area contributed by atoms with Gasteiger partial charge in [0.1, 0.15) is 12.5 Å². The van der Waals surface area contributed by atoms with E-state index in [0.717, 1.165) is 10.0 Å². The van der Waals surface area contributed by atoms with Crippen LogP contribution in [0.4, 0.5) is 0 Å². The smallest absolute Gasteiger partial charge is 0.337 e. The van der Waals surface area contributed by atoms with E-state index in [0.29, 0.717) is 11.4 Å². The second-order valence-corrected chi connectivity index (χ2v) is 7.23. The fourth-order valence-corrected chi connectivity index (χ4v) is 3.27. The lowest BCUT2D eigenvalue weighted by atomic mass is 9.85. The lowest BCUT2D eigenvalue weighted by Gasteiger charge is -2.28. The predicted molar refractivity (Wildman–Crippen MR) is 109 cm³/mol. The van der Waals surface area contributed by atoms with Gasteiger partial charge >= 0.3 is 17.9 Å². The zero-order valence-electron chi connectivity index (χ0n) is 16.8. The maximum atomic E-state index is 13.0. The quantitative estimate of drug-likeness (QED) is 0.487. The van der Waals surface area contributed by atoms with Gasteiger partial charge in [-0.3, -0.25) is 4.79 Å². The van der Waals surface area contributed by atoms with E-state index in [1.54, 1.807) is 39.8 Å². The van der Waals surface area contributed by atoms with E-state index in [-0.39, 0.29) is 31.0 Å². The van der Waals surface area contributed by atoms with Gasteiger partial charge in [-0.05, 0) is 45.4 Å². The number of halogens is 1. The number of esters is 3. The molecule has 7 nitrogen and oxygen atoms in total. The number of hydrogen-bond acceptors (Lipinski definition) is 7. The van der Waals surface area contributed by atoms with Crippen LogP contribution in [-0.2, 0) is 35.2 Å². The number of rotatable bonds is 7. The van der Waals surface area contributed by atoms with Gasteiger partial charge < -0.3 is 19.5 Å². The van der Waals surface area contributed by atoms with Crippen LogP contribution in [0, 0.1) is 5.92 Å². The second-order valence-electron chi connectivity index (χ2n) is 6.31. The Balaban J connectivity index is 2.37. The summed E-state index contributed by atoms with van der Waals surface area (Å²) in [6.45, 7) is 6.89. The highest BCUT2D eigenvalue weighted by Crippen LogP contribution is 2.32. The molecule has 1 aromatic carbocycles. The summed E-state index contributed by atoms with van der Waals surface area (Å²) < 4.78 is 16.6. The molecule has 0 radical (unpaired) electrons. The van der Waals surface area contributed by atoms with Crippen LogP contribution in [0.25, 0.3) is 0 Å². The zero-order chi connectivity index (χ0) is 21.6. The van der Waals surface area contributed by atoms with Crippen LogP contribution in [0.1, 0.15) is 33.3 Å². The van der Waals surface area contributed by atoms with Gasteiger partial charge in [0.15, 0.2) is 0 Å². The van der Waals surface area contributed by atoms with Crippen LogP contribution in [0.2, 0.25) is 0 Å². The summed E-state index contributed by atoms with van der Waals surface area (Å²) in [5.41, 5.74) is 1.72. The number of hydrogen-bond donors (Lipinski definition) is 1. The summed E-state index contributed by atoms with van der Waals surface area (Å²) in [4.78, 5) is 38.1. The monoisotopic (exact) mass is 465 g/mol. The fourth-order valence-electron chi connectivity index (χ4n) is 3.01. The van der Waals surface area contributed by atoms with Crippen LogP contribution < -0.4 is 5.32 Å². The molecule has 0 fully saturated rings. The molecule has 1 aliphatic heterocycles. The maximum Gasteiger partial charge on any atom is 0.337 e. The maximum absolute atomic E-state index is 13.0. The normalized spacial score (nSPS) is 14.4. The van der Waals surface area contributed by atoms with Crippen molar-refractivity contribution >= 4 is 33.8 Å². The van der Waals surface area contributed by atoms with Crippen LogP contribution in [-0.4, -0.2) is 31.1 Å². The minimum atomic E-state index is -1.23. The third-order valence-electron chi connectivity index (χ3n) is 4.28. The van der Waals surface area contributed by atoms with E-state index in [2.05, 4.69) is 21.2 Å². The number of nitrogens with one attached hydrogen (secondary N) is 1. The highest BCUT2D eigenvalue weighted by Gasteiger charge is 2.42. The Hall–Kier alpha value is -2.61. The Morgan fingerprint density at radius 3 is 1.83 bits per heavy atom. The van der Waals surface area contributed by atoms with Gasteiger partial charge in [-0.2, -0.15) is 0 Å². The van der Waals surface area contributed by atoms with Crippen molar-refractivity contribution in [2.45, 2.75) is 34.3 Å². The molecular weight excluding hydrogens is 442 g/mol. The highest BCUT2D eigenvalue weighted by molar-refractivity contribution is 9.10. The summed E-state index contributed by atoms with van der Waals surface area (Å²) in [6.07, 6.45) is 0. The van der Waals surface area contributed by atoms with E-state index < -0.39 is 23.8 Å². The second kappa shape index (κ2) is 10.2. The SMILES string of the molecule is CCOC(=O)C1=C(C)NC(C)=C(C(=O)OCC)C1C(=O)OCc1ccc(Br)cc1. The van der Waals surface area contributed by atoms with Crippen LogP contribution in [0.5, 0.6) is 0 Å². The Labute approximate surface area is 178 Å². The van der Waals surface area contributed by atoms with E-state index >= 15 is 0 Å². The van der Waals surface area contributed by atoms with Gasteiger partial charge in [0.2, 0.25) is 0 Å². The van der Waals surface area contributed by atoms with Crippen molar-refractivity contribution < 1.29 is 28.6 Å². The molecule has 8 heteroatoms. The molecule has 1 aromatic rings. The van der Waals surface area contributed by atoms with Gasteiger partial charge in [0.25, 0.3) is 0 Å². The summed E-state index contributed by atoms with van der Waals surface area (Å²) in [6, 6.07) is 7.27. The van der Waals surface area contributed by atoms with E-state index in [1.165, 1.54) is 0 Å². The Kier molecular flexibility index (Phi) is 8.01. The first-order valence-corrected chi connectivity index (χ1v) is 10.0. The van der Waals surface area contributed by atoms with Crippen molar-refractivity contribution in [2.24, 2.45) is 5.92 Å². The van der Waals surface area contributed by atoms with E-state index in [1.807, 2.05) is 12.1 Å². The number of carbonyl (C=O) groups excluding carboxylic acids is 3. The van der Waals surface area contributed by atoms with Crippen LogP contribution in [0.3, 0.4) is 0 Å². The molecular formula is C21H24BrNO6. The van der Waals surface area contributed by atoms with E-state index in [9.17, 15) is 14.4 Å². The molecule has 156 valence electrons. The lowest BCUT2D eigenvalue weighted by molar-refractivity contribution is -0.152. The van der Waals surface area contributed by atoms with Gasteiger partial charge in [0, 0.05) is 15.9 Å². The first-order chi connectivity index (χ1) is 13.8. The number of ether oxygens (including phenoxy) is 3. The van der Waals surface area contributed by atoms with E-state index in [4.69, 9.17) is 14.2 Å². The minimum absolute atomic E-state index is 0.000345. The molecule has 0 amide bonds. The number of dihydropyridines is 1. The third kappa shape index (κ3) is 5.47. The van der Waals surface area contributed by atoms with Crippen molar-refractivity contribution in [1.82, 2.24) is 5.32 Å². The van der Waals surface area contributed by atoms with Crippen molar-refractivity contribution in [1.29, 1.82) is 0 Å². The molecule has 1 heterocycles. The van der Waals surface area contributed by atoms with Gasteiger partial charge in [-0.1, -0.05) is 28.1 Å². The van der Waals surface area contributed by atoms with Crippen LogP contribution in [0.15, 0.2) is 51.3 Å². The standard InChI is InChI=1S/C21H24BrNO6/c1-5-27-19(24)16-12(3)23-13(4)17(20(25)28-6-2)18(16)21(26)29-11-14-7-9-15(22)10-8-14/h7-10,18,23H,5-6,11H2,1-4H3. The minimum Gasteiger partial charge on any atom is -0.463 e. The summed E-state index contributed by atoms with van der Waals surface area (Å²) in [5, 5.41) is 2.97. The number of benzene rings is 1. The molecule has 0 saturated heterocycles. The van der Waals surface area contributed by atoms with Crippen LogP contribution >= 0.6 is 15.9 Å². The summed E-state index contributed by atoms with van der Waals surface area (Å²) >= 11 is 3.35. The summed E-state index contributed by atoms with van der Waals surface area (Å²) in [5.74, 6) is -3.32. The molecule has 2 rings (SSSR count). The molecule has 0 spiro atoms. The molecule has 0 saturated carbocycles. The Bertz CT molecular complexity index is 816. The molecule has 1 aliphatic rings. The molecule has 0 aliphatic carbocycles. The molecule has 29 heavy (non-hydrogen) atoms. The first kappa shape index (κ1) is 22.7. The fraction of sp³-hybridized carbons (Fsp3) is 0.381. The molecule has 0 unspecified atom stereocenters. The van der Waals surface area contributed by atoms with Crippen molar-refractivity contribution in [3.8, 4) is 0 Å². The average Bonchev–Trinajstić information content (AvgIpc) is 2.66. The first-order valence-electron chi connectivity index (χ1n) is 9.23. The number of allylic oxidation sites excluding steroid dienone is 2. The Morgan fingerprint density at radius 2 is 1.38 bits per heavy atom. The lowest BCUT2D eigenvalue weighted by Crippen LogP contribution is -2.38. The summed E-state index contributed by atoms with van der Waals surface area (Å²) in [7, 11) is 0. The molecule has 0 aromatic heterocycles. The van der Waals surface area contributed by atoms with Gasteiger partial charge in [-0.15, -0.1) is 0 Å². The highest BCUT2D eigenvalue weighted by atomic mass is 79.9. The topological polar surface area (TPSA) is 90.9 Å². The predicted octanol–water partition coefficient (Wildman–Crippen LogP) is 3.39. The van der Waals surface area contributed by atoms with Gasteiger partial charge in [0.05, 0.1) is 24.4 Å². The van der Waals surface area contributed by atoms with Crippen molar-refractivity contribution in [3.05, 3.63) is 56.8 Å².